The van der Waals surface area contributed by atoms with Crippen LogP contribution in [0, 0.1) is 0 Å². The van der Waals surface area contributed by atoms with Crippen molar-refractivity contribution in [2.75, 3.05) is 19.8 Å². The number of carbonyl (C=O) groups is 1. The maximum Gasteiger partial charge on any atom is 0.258 e. The van der Waals surface area contributed by atoms with Crippen LogP contribution < -0.4 is 10.1 Å². The molecule has 1 N–H and O–H groups in total. The number of carbonyl (C=O) groups excluding carboxylic acids is 1. The first-order valence-electron chi connectivity index (χ1n) is 6.01. The molecule has 5 heteroatoms. The molecular formula is C13H16ClNO3. The topological polar surface area (TPSA) is 47.6 Å². The molecule has 1 aliphatic heterocycles. The van der Waals surface area contributed by atoms with Gasteiger partial charge in [0.2, 0.25) is 0 Å². The van der Waals surface area contributed by atoms with Gasteiger partial charge in [-0.1, -0.05) is 23.7 Å². The Bertz CT molecular complexity index is 405. The van der Waals surface area contributed by atoms with Gasteiger partial charge in [0.05, 0.1) is 11.1 Å². The van der Waals surface area contributed by atoms with Crippen LogP contribution in [-0.4, -0.2) is 31.8 Å². The molecule has 0 spiro atoms. The van der Waals surface area contributed by atoms with E-state index in [-0.39, 0.29) is 18.6 Å². The van der Waals surface area contributed by atoms with Gasteiger partial charge in [0, 0.05) is 13.2 Å². The summed E-state index contributed by atoms with van der Waals surface area (Å²) >= 11 is 5.91. The number of ether oxygens (including phenoxy) is 2. The number of para-hydroxylation sites is 1. The highest BCUT2D eigenvalue weighted by atomic mass is 35.5. The molecule has 1 aromatic rings. The summed E-state index contributed by atoms with van der Waals surface area (Å²) in [6.07, 6.45) is 2.22. The molecule has 1 atom stereocenters. The first-order valence-corrected chi connectivity index (χ1v) is 6.39. The average Bonchev–Trinajstić information content (AvgIpc) is 2.88. The number of hydrogen-bond donors (Lipinski definition) is 1. The molecule has 0 bridgehead atoms. The van der Waals surface area contributed by atoms with E-state index in [0.717, 1.165) is 19.4 Å². The average molecular weight is 270 g/mol. The molecule has 0 unspecified atom stereocenters. The first kappa shape index (κ1) is 13.2. The Hall–Kier alpha value is -1.26. The highest BCUT2D eigenvalue weighted by molar-refractivity contribution is 6.32. The normalized spacial score (nSPS) is 18.6. The second kappa shape index (κ2) is 6.61. The summed E-state index contributed by atoms with van der Waals surface area (Å²) in [6, 6.07) is 7.08. The van der Waals surface area contributed by atoms with E-state index in [9.17, 15) is 4.79 Å². The zero-order chi connectivity index (χ0) is 12.8. The Morgan fingerprint density at radius 2 is 2.33 bits per heavy atom. The van der Waals surface area contributed by atoms with Crippen LogP contribution in [-0.2, 0) is 9.53 Å². The molecule has 0 aromatic heterocycles. The Labute approximate surface area is 111 Å². The van der Waals surface area contributed by atoms with Gasteiger partial charge in [0.15, 0.2) is 6.61 Å². The predicted octanol–water partition coefficient (Wildman–Crippen LogP) is 2.01. The smallest absolute Gasteiger partial charge is 0.258 e. The van der Waals surface area contributed by atoms with E-state index in [1.165, 1.54) is 0 Å². The molecule has 0 saturated carbocycles. The van der Waals surface area contributed by atoms with Crippen molar-refractivity contribution in [3.05, 3.63) is 29.3 Å². The van der Waals surface area contributed by atoms with Gasteiger partial charge in [0.25, 0.3) is 5.91 Å². The zero-order valence-electron chi connectivity index (χ0n) is 10.0. The third kappa shape index (κ3) is 3.89. The predicted molar refractivity (Wildman–Crippen MR) is 68.9 cm³/mol. The Kier molecular flexibility index (Phi) is 4.84. The Morgan fingerprint density at radius 1 is 1.50 bits per heavy atom. The van der Waals surface area contributed by atoms with Gasteiger partial charge in [-0.2, -0.15) is 0 Å². The highest BCUT2D eigenvalue weighted by Gasteiger charge is 2.16. The van der Waals surface area contributed by atoms with E-state index in [1.54, 1.807) is 12.1 Å². The maximum absolute atomic E-state index is 11.5. The minimum absolute atomic E-state index is 0.0313. The van der Waals surface area contributed by atoms with Crippen LogP contribution in [0.15, 0.2) is 24.3 Å². The number of benzene rings is 1. The molecule has 98 valence electrons. The lowest BCUT2D eigenvalue weighted by atomic mass is 10.2. The summed E-state index contributed by atoms with van der Waals surface area (Å²) in [7, 11) is 0. The van der Waals surface area contributed by atoms with Crippen molar-refractivity contribution in [3.8, 4) is 5.75 Å². The fourth-order valence-corrected chi connectivity index (χ4v) is 1.98. The van der Waals surface area contributed by atoms with Crippen molar-refractivity contribution >= 4 is 17.5 Å². The molecule has 18 heavy (non-hydrogen) atoms. The molecule has 4 nitrogen and oxygen atoms in total. The van der Waals surface area contributed by atoms with Crippen LogP contribution in [0.2, 0.25) is 5.02 Å². The number of hydrogen-bond acceptors (Lipinski definition) is 3. The fourth-order valence-electron chi connectivity index (χ4n) is 1.79. The number of nitrogens with one attached hydrogen (secondary N) is 1. The summed E-state index contributed by atoms with van der Waals surface area (Å²) < 4.78 is 10.7. The van der Waals surface area contributed by atoms with Crippen molar-refractivity contribution in [3.63, 3.8) is 0 Å². The number of halogens is 1. The van der Waals surface area contributed by atoms with Gasteiger partial charge in [0.1, 0.15) is 5.75 Å². The molecule has 2 rings (SSSR count). The van der Waals surface area contributed by atoms with Crippen LogP contribution in [0.3, 0.4) is 0 Å². The Morgan fingerprint density at radius 3 is 3.06 bits per heavy atom. The summed E-state index contributed by atoms with van der Waals surface area (Å²) in [5, 5.41) is 3.29. The molecule has 0 radical (unpaired) electrons. The van der Waals surface area contributed by atoms with Gasteiger partial charge in [-0.15, -0.1) is 0 Å². The van der Waals surface area contributed by atoms with Crippen LogP contribution >= 0.6 is 11.6 Å². The zero-order valence-corrected chi connectivity index (χ0v) is 10.8. The monoisotopic (exact) mass is 269 g/mol. The molecule has 1 saturated heterocycles. The lowest BCUT2D eigenvalue weighted by Crippen LogP contribution is -2.35. The van der Waals surface area contributed by atoms with E-state index < -0.39 is 0 Å². The maximum atomic E-state index is 11.5. The van der Waals surface area contributed by atoms with E-state index in [4.69, 9.17) is 21.1 Å². The summed E-state index contributed by atoms with van der Waals surface area (Å²) in [5.74, 6) is 0.358. The third-order valence-corrected chi connectivity index (χ3v) is 3.06. The first-order chi connectivity index (χ1) is 8.75. The standard InChI is InChI=1S/C13H16ClNO3/c14-11-5-1-2-6-12(11)18-9-13(16)15-8-10-4-3-7-17-10/h1-2,5-6,10H,3-4,7-9H2,(H,15,16)/t10-/m0/s1. The largest absolute Gasteiger partial charge is 0.482 e. The third-order valence-electron chi connectivity index (χ3n) is 2.75. The van der Waals surface area contributed by atoms with Gasteiger partial charge in [-0.05, 0) is 25.0 Å². The minimum Gasteiger partial charge on any atom is -0.482 e. The molecule has 1 fully saturated rings. The van der Waals surface area contributed by atoms with Gasteiger partial charge < -0.3 is 14.8 Å². The fraction of sp³-hybridized carbons (Fsp3) is 0.462. The van der Waals surface area contributed by atoms with Gasteiger partial charge in [-0.25, -0.2) is 0 Å². The second-order valence-electron chi connectivity index (χ2n) is 4.16. The van der Waals surface area contributed by atoms with Crippen molar-refractivity contribution < 1.29 is 14.3 Å². The van der Waals surface area contributed by atoms with Crippen LogP contribution in [0.4, 0.5) is 0 Å². The van der Waals surface area contributed by atoms with Crippen molar-refractivity contribution in [2.45, 2.75) is 18.9 Å². The van der Waals surface area contributed by atoms with E-state index in [2.05, 4.69) is 5.32 Å². The van der Waals surface area contributed by atoms with Gasteiger partial charge >= 0.3 is 0 Å². The lowest BCUT2D eigenvalue weighted by Gasteiger charge is -2.11. The van der Waals surface area contributed by atoms with Crippen LogP contribution in [0.5, 0.6) is 5.75 Å². The summed E-state index contributed by atoms with van der Waals surface area (Å²) in [4.78, 5) is 11.5. The quantitative estimate of drug-likeness (QED) is 0.890. The van der Waals surface area contributed by atoms with Crippen LogP contribution in [0.25, 0.3) is 0 Å². The highest BCUT2D eigenvalue weighted by Crippen LogP contribution is 2.22. The lowest BCUT2D eigenvalue weighted by molar-refractivity contribution is -0.123. The van der Waals surface area contributed by atoms with E-state index >= 15 is 0 Å². The van der Waals surface area contributed by atoms with Gasteiger partial charge in [-0.3, -0.25) is 4.79 Å². The molecule has 1 heterocycles. The van der Waals surface area contributed by atoms with Crippen LogP contribution in [0.1, 0.15) is 12.8 Å². The summed E-state index contributed by atoms with van der Waals surface area (Å²) in [5.41, 5.74) is 0. The Balaban J connectivity index is 1.69. The van der Waals surface area contributed by atoms with Crippen molar-refractivity contribution in [1.82, 2.24) is 5.32 Å². The van der Waals surface area contributed by atoms with Crippen molar-refractivity contribution in [1.29, 1.82) is 0 Å². The second-order valence-corrected chi connectivity index (χ2v) is 4.57. The molecule has 1 aliphatic rings. The summed E-state index contributed by atoms with van der Waals surface area (Å²) in [6.45, 7) is 1.30. The van der Waals surface area contributed by atoms with E-state index in [0.29, 0.717) is 17.3 Å². The van der Waals surface area contributed by atoms with Crippen molar-refractivity contribution in [2.24, 2.45) is 0 Å². The molecule has 1 aromatic carbocycles. The minimum atomic E-state index is -0.162. The number of rotatable bonds is 5. The number of amides is 1. The molecular weight excluding hydrogens is 254 g/mol. The molecule has 1 amide bonds. The van der Waals surface area contributed by atoms with E-state index in [1.807, 2.05) is 12.1 Å². The molecule has 0 aliphatic carbocycles. The SMILES string of the molecule is O=C(COc1ccccc1Cl)NC[C@@H]1CCCO1.